The largest absolute Gasteiger partial charge is 0.478 e. The summed E-state index contributed by atoms with van der Waals surface area (Å²) in [5.74, 6) is -1.25. The highest BCUT2D eigenvalue weighted by Crippen LogP contribution is 2.19. The van der Waals surface area contributed by atoms with Crippen LogP contribution >= 0.6 is 0 Å². The quantitative estimate of drug-likeness (QED) is 0.819. The van der Waals surface area contributed by atoms with E-state index in [9.17, 15) is 9.59 Å². The van der Waals surface area contributed by atoms with Gasteiger partial charge in [0.25, 0.3) is 0 Å². The molecule has 92 valence electrons. The summed E-state index contributed by atoms with van der Waals surface area (Å²) in [7, 11) is 1.55. The molecule has 1 aromatic carbocycles. The van der Waals surface area contributed by atoms with Crippen molar-refractivity contribution in [2.45, 2.75) is 19.4 Å². The second-order valence-electron chi connectivity index (χ2n) is 3.96. The topological polar surface area (TPSA) is 83.6 Å². The summed E-state index contributed by atoms with van der Waals surface area (Å²) in [6.07, 6.45) is 0.185. The van der Waals surface area contributed by atoms with Gasteiger partial charge in [-0.25, -0.2) is 4.79 Å². The molecule has 0 heterocycles. The van der Waals surface area contributed by atoms with Crippen molar-refractivity contribution >= 4 is 17.6 Å². The Labute approximate surface area is 99.8 Å². The van der Waals surface area contributed by atoms with Crippen LogP contribution in [0.4, 0.5) is 5.69 Å². The number of amides is 1. The Balaban J connectivity index is 2.99. The predicted octanol–water partition coefficient (Wildman–Crippen LogP) is 1.08. The zero-order valence-corrected chi connectivity index (χ0v) is 9.88. The minimum absolute atomic E-state index is 0.105. The van der Waals surface area contributed by atoms with Gasteiger partial charge in [-0.05, 0) is 19.1 Å². The average Bonchev–Trinajstić information content (AvgIpc) is 2.27. The van der Waals surface area contributed by atoms with Crippen LogP contribution < -0.4 is 10.6 Å². The van der Waals surface area contributed by atoms with Crippen LogP contribution in [0.1, 0.15) is 23.7 Å². The molecule has 0 saturated heterocycles. The van der Waals surface area contributed by atoms with E-state index < -0.39 is 5.97 Å². The van der Waals surface area contributed by atoms with Crippen LogP contribution in [0.25, 0.3) is 0 Å². The van der Waals surface area contributed by atoms with Crippen molar-refractivity contribution in [2.24, 2.45) is 5.73 Å². The molecule has 0 saturated carbocycles. The molecule has 5 heteroatoms. The summed E-state index contributed by atoms with van der Waals surface area (Å²) >= 11 is 0. The van der Waals surface area contributed by atoms with E-state index in [1.165, 1.54) is 11.0 Å². The minimum Gasteiger partial charge on any atom is -0.478 e. The molecule has 0 spiro atoms. The van der Waals surface area contributed by atoms with Gasteiger partial charge in [0.2, 0.25) is 5.91 Å². The van der Waals surface area contributed by atoms with Crippen molar-refractivity contribution in [1.82, 2.24) is 0 Å². The third-order valence-corrected chi connectivity index (χ3v) is 2.37. The maximum absolute atomic E-state index is 11.8. The first-order valence-corrected chi connectivity index (χ1v) is 5.28. The van der Waals surface area contributed by atoms with E-state index in [1.54, 1.807) is 32.2 Å². The summed E-state index contributed by atoms with van der Waals surface area (Å²) in [5.41, 5.74) is 6.03. The third kappa shape index (κ3) is 3.29. The number of benzene rings is 1. The van der Waals surface area contributed by atoms with Gasteiger partial charge >= 0.3 is 5.97 Å². The Morgan fingerprint density at radius 2 is 2.00 bits per heavy atom. The van der Waals surface area contributed by atoms with Crippen molar-refractivity contribution in [3.05, 3.63) is 29.8 Å². The Morgan fingerprint density at radius 1 is 1.41 bits per heavy atom. The number of hydrogen-bond acceptors (Lipinski definition) is 3. The standard InChI is InChI=1S/C12H16N2O3/c1-8(13)7-11(15)14(2)10-6-4-3-5-9(10)12(16)17/h3-6,8H,7,13H2,1-2H3,(H,16,17). The number of carbonyl (C=O) groups excluding carboxylic acids is 1. The maximum Gasteiger partial charge on any atom is 0.337 e. The summed E-state index contributed by atoms with van der Waals surface area (Å²) < 4.78 is 0. The summed E-state index contributed by atoms with van der Waals surface area (Å²) in [4.78, 5) is 24.1. The maximum atomic E-state index is 11.8. The van der Waals surface area contributed by atoms with E-state index >= 15 is 0 Å². The molecule has 17 heavy (non-hydrogen) atoms. The fourth-order valence-electron chi connectivity index (χ4n) is 1.49. The van der Waals surface area contributed by atoms with Crippen LogP contribution in [0.3, 0.4) is 0 Å². The van der Waals surface area contributed by atoms with E-state index in [4.69, 9.17) is 10.8 Å². The van der Waals surface area contributed by atoms with Crippen LogP contribution in [0.2, 0.25) is 0 Å². The van der Waals surface area contributed by atoms with Gasteiger partial charge in [0.15, 0.2) is 0 Å². The number of carbonyl (C=O) groups is 2. The molecule has 0 bridgehead atoms. The van der Waals surface area contributed by atoms with Crippen LogP contribution in [0.15, 0.2) is 24.3 Å². The minimum atomic E-state index is -1.05. The fraction of sp³-hybridized carbons (Fsp3) is 0.333. The lowest BCUT2D eigenvalue weighted by atomic mass is 10.1. The SMILES string of the molecule is CC(N)CC(=O)N(C)c1ccccc1C(=O)O. The average molecular weight is 236 g/mol. The molecule has 0 aromatic heterocycles. The molecular weight excluding hydrogens is 220 g/mol. The van der Waals surface area contributed by atoms with Crippen LogP contribution in [-0.4, -0.2) is 30.1 Å². The van der Waals surface area contributed by atoms with Gasteiger partial charge in [-0.2, -0.15) is 0 Å². The van der Waals surface area contributed by atoms with Gasteiger partial charge in [-0.1, -0.05) is 12.1 Å². The third-order valence-electron chi connectivity index (χ3n) is 2.37. The van der Waals surface area contributed by atoms with Gasteiger partial charge in [0.05, 0.1) is 11.3 Å². The first-order valence-electron chi connectivity index (χ1n) is 5.28. The molecule has 0 aliphatic heterocycles. The van der Waals surface area contributed by atoms with Crippen molar-refractivity contribution in [2.75, 3.05) is 11.9 Å². The molecule has 0 fully saturated rings. The Hall–Kier alpha value is -1.88. The molecule has 0 aliphatic carbocycles. The molecule has 0 radical (unpaired) electrons. The Morgan fingerprint density at radius 3 is 2.53 bits per heavy atom. The monoisotopic (exact) mass is 236 g/mol. The molecule has 3 N–H and O–H groups in total. The number of anilines is 1. The fourth-order valence-corrected chi connectivity index (χ4v) is 1.49. The number of nitrogens with zero attached hydrogens (tertiary/aromatic N) is 1. The number of para-hydroxylation sites is 1. The molecule has 1 rings (SSSR count). The molecular formula is C12H16N2O3. The zero-order valence-electron chi connectivity index (χ0n) is 9.88. The highest BCUT2D eigenvalue weighted by atomic mass is 16.4. The van der Waals surface area contributed by atoms with Crippen molar-refractivity contribution < 1.29 is 14.7 Å². The van der Waals surface area contributed by atoms with E-state index in [2.05, 4.69) is 0 Å². The second-order valence-corrected chi connectivity index (χ2v) is 3.96. The lowest BCUT2D eigenvalue weighted by molar-refractivity contribution is -0.118. The summed E-state index contributed by atoms with van der Waals surface area (Å²) in [5, 5.41) is 9.02. The lowest BCUT2D eigenvalue weighted by Gasteiger charge is -2.20. The Bertz CT molecular complexity index is 430. The summed E-state index contributed by atoms with van der Waals surface area (Å²) in [6.45, 7) is 1.73. The number of carboxylic acid groups (broad SMARTS) is 1. The molecule has 1 amide bonds. The molecule has 5 nitrogen and oxygen atoms in total. The number of nitrogens with two attached hydrogens (primary N) is 1. The number of hydrogen-bond donors (Lipinski definition) is 2. The van der Waals surface area contributed by atoms with Gasteiger partial charge in [-0.3, -0.25) is 4.79 Å². The number of rotatable bonds is 4. The van der Waals surface area contributed by atoms with Crippen molar-refractivity contribution in [3.8, 4) is 0 Å². The zero-order chi connectivity index (χ0) is 13.0. The van der Waals surface area contributed by atoms with Crippen LogP contribution in [0, 0.1) is 0 Å². The van der Waals surface area contributed by atoms with E-state index in [-0.39, 0.29) is 23.9 Å². The van der Waals surface area contributed by atoms with Gasteiger partial charge in [-0.15, -0.1) is 0 Å². The van der Waals surface area contributed by atoms with E-state index in [0.29, 0.717) is 5.69 Å². The normalized spacial score (nSPS) is 11.9. The number of carboxylic acids is 1. The second kappa shape index (κ2) is 5.45. The first-order chi connectivity index (χ1) is 7.93. The van der Waals surface area contributed by atoms with Gasteiger partial charge in [0.1, 0.15) is 0 Å². The van der Waals surface area contributed by atoms with Crippen molar-refractivity contribution in [3.63, 3.8) is 0 Å². The van der Waals surface area contributed by atoms with E-state index in [1.807, 2.05) is 0 Å². The molecule has 1 aromatic rings. The van der Waals surface area contributed by atoms with Gasteiger partial charge < -0.3 is 15.7 Å². The Kier molecular flexibility index (Phi) is 4.23. The highest BCUT2D eigenvalue weighted by molar-refractivity contribution is 6.01. The summed E-state index contributed by atoms with van der Waals surface area (Å²) in [6, 6.07) is 6.13. The number of aromatic carboxylic acids is 1. The van der Waals surface area contributed by atoms with E-state index in [0.717, 1.165) is 0 Å². The molecule has 0 aliphatic rings. The van der Waals surface area contributed by atoms with Crippen LogP contribution in [0.5, 0.6) is 0 Å². The first kappa shape index (κ1) is 13.2. The van der Waals surface area contributed by atoms with Gasteiger partial charge in [0, 0.05) is 19.5 Å². The van der Waals surface area contributed by atoms with Crippen LogP contribution in [-0.2, 0) is 4.79 Å². The molecule has 1 atom stereocenters. The molecule has 1 unspecified atom stereocenters. The highest BCUT2D eigenvalue weighted by Gasteiger charge is 2.18. The van der Waals surface area contributed by atoms with Crippen molar-refractivity contribution in [1.29, 1.82) is 0 Å². The predicted molar refractivity (Wildman–Crippen MR) is 65.1 cm³/mol. The smallest absolute Gasteiger partial charge is 0.337 e. The lowest BCUT2D eigenvalue weighted by Crippen LogP contribution is -2.32.